The fourth-order valence-corrected chi connectivity index (χ4v) is 1.90. The van der Waals surface area contributed by atoms with Crippen molar-refractivity contribution in [2.75, 3.05) is 0 Å². The minimum Gasteiger partial charge on any atom is -0.285 e. The fourth-order valence-electron chi connectivity index (χ4n) is 1.90. The summed E-state index contributed by atoms with van der Waals surface area (Å²) >= 11 is 0. The van der Waals surface area contributed by atoms with Crippen molar-refractivity contribution in [3.8, 4) is 11.8 Å². The molecule has 0 aliphatic carbocycles. The third-order valence-electron chi connectivity index (χ3n) is 2.80. The third kappa shape index (κ3) is 1.77. The van der Waals surface area contributed by atoms with Gasteiger partial charge >= 0.3 is 0 Å². The molecule has 0 aliphatic heterocycles. The summed E-state index contributed by atoms with van der Waals surface area (Å²) < 4.78 is 2.87. The van der Waals surface area contributed by atoms with E-state index in [4.69, 9.17) is 5.26 Å². The minimum absolute atomic E-state index is 0.0156. The van der Waals surface area contributed by atoms with E-state index in [1.54, 1.807) is 4.68 Å². The van der Waals surface area contributed by atoms with E-state index in [2.05, 4.69) is 10.1 Å². The summed E-state index contributed by atoms with van der Waals surface area (Å²) in [5, 5.41) is 13.2. The predicted molar refractivity (Wildman–Crippen MR) is 68.7 cm³/mol. The summed E-state index contributed by atoms with van der Waals surface area (Å²) in [6.45, 7) is -0.0156. The van der Waals surface area contributed by atoms with E-state index < -0.39 is 0 Å². The van der Waals surface area contributed by atoms with E-state index in [0.29, 0.717) is 11.0 Å². The quantitative estimate of drug-likeness (QED) is 0.683. The molecule has 3 rings (SSSR count). The Morgan fingerprint density at radius 3 is 2.79 bits per heavy atom. The van der Waals surface area contributed by atoms with Crippen LogP contribution >= 0.6 is 0 Å². The second-order valence-corrected chi connectivity index (χ2v) is 3.96. The number of fused-ring (bicyclic) bond motifs is 1. The highest BCUT2D eigenvalue weighted by Gasteiger charge is 2.10. The molecule has 0 spiro atoms. The fraction of sp³-hybridized carbons (Fsp3) is 0.0769. The summed E-state index contributed by atoms with van der Waals surface area (Å²) in [4.78, 5) is 16.3. The molecule has 0 aliphatic rings. The van der Waals surface area contributed by atoms with Crippen molar-refractivity contribution in [1.29, 1.82) is 5.26 Å². The molecule has 0 amide bonds. The number of nitriles is 1. The number of aromatic nitrogens is 4. The second kappa shape index (κ2) is 4.38. The molecular weight excluding hydrogens is 242 g/mol. The van der Waals surface area contributed by atoms with E-state index in [-0.39, 0.29) is 12.1 Å². The maximum absolute atomic E-state index is 12.1. The van der Waals surface area contributed by atoms with Crippen molar-refractivity contribution < 1.29 is 0 Å². The molecule has 0 radical (unpaired) electrons. The Morgan fingerprint density at radius 1 is 1.26 bits per heavy atom. The lowest BCUT2D eigenvalue weighted by Crippen LogP contribution is -2.19. The van der Waals surface area contributed by atoms with E-state index in [9.17, 15) is 4.79 Å². The average molecular weight is 251 g/mol. The lowest BCUT2D eigenvalue weighted by molar-refractivity contribution is 0.771. The first kappa shape index (κ1) is 11.2. The van der Waals surface area contributed by atoms with Crippen molar-refractivity contribution >= 4 is 11.0 Å². The molecule has 6 heteroatoms. The Morgan fingerprint density at radius 2 is 2.05 bits per heavy atom. The zero-order chi connectivity index (χ0) is 13.2. The van der Waals surface area contributed by atoms with Crippen LogP contribution in [0.3, 0.4) is 0 Å². The van der Waals surface area contributed by atoms with Gasteiger partial charge in [0.1, 0.15) is 18.3 Å². The number of nitrogens with zero attached hydrogens (tertiary/aromatic N) is 5. The highest BCUT2D eigenvalue weighted by molar-refractivity contribution is 5.74. The van der Waals surface area contributed by atoms with Gasteiger partial charge in [-0.1, -0.05) is 18.2 Å². The van der Waals surface area contributed by atoms with Gasteiger partial charge in [0.2, 0.25) is 0 Å². The lowest BCUT2D eigenvalue weighted by Gasteiger charge is -2.03. The van der Waals surface area contributed by atoms with Crippen LogP contribution in [-0.4, -0.2) is 19.3 Å². The first-order valence-corrected chi connectivity index (χ1v) is 5.67. The highest BCUT2D eigenvalue weighted by Crippen LogP contribution is 2.12. The normalized spacial score (nSPS) is 10.5. The van der Waals surface area contributed by atoms with Crippen LogP contribution in [0, 0.1) is 11.3 Å². The Labute approximate surface area is 108 Å². The van der Waals surface area contributed by atoms with Crippen LogP contribution in [-0.2, 0) is 6.54 Å². The molecular formula is C13H9N5O. The zero-order valence-corrected chi connectivity index (χ0v) is 9.89. The topological polar surface area (TPSA) is 76.5 Å². The summed E-state index contributed by atoms with van der Waals surface area (Å²) in [5.74, 6) is 0. The number of hydrogen-bond acceptors (Lipinski definition) is 4. The van der Waals surface area contributed by atoms with Crippen LogP contribution in [0.25, 0.3) is 16.7 Å². The Hall–Kier alpha value is -2.94. The lowest BCUT2D eigenvalue weighted by atomic mass is 10.3. The van der Waals surface area contributed by atoms with E-state index in [1.165, 1.54) is 17.1 Å². The van der Waals surface area contributed by atoms with Crippen LogP contribution in [0.2, 0.25) is 0 Å². The minimum atomic E-state index is -0.256. The van der Waals surface area contributed by atoms with Crippen molar-refractivity contribution in [2.45, 2.75) is 6.54 Å². The van der Waals surface area contributed by atoms with Crippen molar-refractivity contribution in [3.63, 3.8) is 0 Å². The van der Waals surface area contributed by atoms with Crippen molar-refractivity contribution in [1.82, 2.24) is 19.3 Å². The summed E-state index contributed by atoms with van der Waals surface area (Å²) in [5.41, 5.74) is 1.07. The third-order valence-corrected chi connectivity index (χ3v) is 2.80. The molecule has 0 bridgehead atoms. The van der Waals surface area contributed by atoms with Gasteiger partial charge in [0, 0.05) is 0 Å². The van der Waals surface area contributed by atoms with Crippen LogP contribution in [0.15, 0.2) is 47.7 Å². The molecule has 0 fully saturated rings. The Balaban J connectivity index is 2.24. The summed E-state index contributed by atoms with van der Waals surface area (Å²) in [6, 6.07) is 11.4. The van der Waals surface area contributed by atoms with E-state index in [1.807, 2.05) is 36.4 Å². The van der Waals surface area contributed by atoms with E-state index in [0.717, 1.165) is 5.69 Å². The highest BCUT2D eigenvalue weighted by atomic mass is 16.1. The number of para-hydroxylation sites is 1. The maximum atomic E-state index is 12.1. The van der Waals surface area contributed by atoms with Crippen LogP contribution in [0.1, 0.15) is 0 Å². The SMILES string of the molecule is N#CCn1cnc2c(cnn2-c2ccccc2)c1=O. The van der Waals surface area contributed by atoms with Crippen molar-refractivity contribution in [3.05, 3.63) is 53.2 Å². The summed E-state index contributed by atoms with van der Waals surface area (Å²) in [7, 11) is 0. The molecule has 0 saturated carbocycles. The Kier molecular flexibility index (Phi) is 2.58. The predicted octanol–water partition coefficient (Wildman–Crippen LogP) is 1.11. The first-order chi connectivity index (χ1) is 9.31. The van der Waals surface area contributed by atoms with Gasteiger partial charge in [-0.2, -0.15) is 10.4 Å². The molecule has 2 aromatic heterocycles. The molecule has 0 saturated heterocycles. The smallest absolute Gasteiger partial charge is 0.265 e. The molecule has 0 atom stereocenters. The second-order valence-electron chi connectivity index (χ2n) is 3.96. The molecule has 0 N–H and O–H groups in total. The monoisotopic (exact) mass is 251 g/mol. The van der Waals surface area contributed by atoms with Gasteiger partial charge in [-0.3, -0.25) is 9.36 Å². The maximum Gasteiger partial charge on any atom is 0.265 e. The summed E-state index contributed by atoms with van der Waals surface area (Å²) in [6.07, 6.45) is 2.85. The number of rotatable bonds is 2. The van der Waals surface area contributed by atoms with Gasteiger partial charge in [-0.05, 0) is 12.1 Å². The molecule has 19 heavy (non-hydrogen) atoms. The van der Waals surface area contributed by atoms with Crippen LogP contribution in [0.4, 0.5) is 0 Å². The average Bonchev–Trinajstić information content (AvgIpc) is 2.88. The number of benzene rings is 1. The molecule has 0 unspecified atom stereocenters. The molecule has 2 heterocycles. The van der Waals surface area contributed by atoms with Gasteiger partial charge in [-0.25, -0.2) is 9.67 Å². The molecule has 6 nitrogen and oxygen atoms in total. The zero-order valence-electron chi connectivity index (χ0n) is 9.89. The largest absolute Gasteiger partial charge is 0.285 e. The van der Waals surface area contributed by atoms with Gasteiger partial charge in [-0.15, -0.1) is 0 Å². The standard InChI is InChI=1S/C13H9N5O/c14-6-7-17-9-15-12-11(13(17)19)8-16-18(12)10-4-2-1-3-5-10/h1-5,8-9H,7H2. The molecule has 3 aromatic rings. The van der Waals surface area contributed by atoms with Gasteiger partial charge in [0.15, 0.2) is 5.65 Å². The molecule has 1 aromatic carbocycles. The molecule has 92 valence electrons. The van der Waals surface area contributed by atoms with Crippen molar-refractivity contribution in [2.24, 2.45) is 0 Å². The van der Waals surface area contributed by atoms with E-state index >= 15 is 0 Å². The van der Waals surface area contributed by atoms with Gasteiger partial charge in [0.05, 0.1) is 18.0 Å². The number of hydrogen-bond donors (Lipinski definition) is 0. The van der Waals surface area contributed by atoms with Crippen LogP contribution < -0.4 is 5.56 Å². The Bertz CT molecular complexity index is 826. The first-order valence-electron chi connectivity index (χ1n) is 5.67. The van der Waals surface area contributed by atoms with Crippen LogP contribution in [0.5, 0.6) is 0 Å². The van der Waals surface area contributed by atoms with Gasteiger partial charge < -0.3 is 0 Å². The van der Waals surface area contributed by atoms with Gasteiger partial charge in [0.25, 0.3) is 5.56 Å².